The number of rotatable bonds is 3. The van der Waals surface area contributed by atoms with Crippen LogP contribution < -0.4 is 0 Å². The van der Waals surface area contributed by atoms with E-state index in [4.69, 9.17) is 9.47 Å². The van der Waals surface area contributed by atoms with Gasteiger partial charge in [0.05, 0.1) is 25.7 Å². The van der Waals surface area contributed by atoms with Crippen molar-refractivity contribution in [3.63, 3.8) is 0 Å². The van der Waals surface area contributed by atoms with E-state index >= 15 is 0 Å². The molecule has 19 heavy (non-hydrogen) atoms. The Balaban J connectivity index is 1.95. The van der Waals surface area contributed by atoms with Gasteiger partial charge in [-0.1, -0.05) is 19.1 Å². The minimum atomic E-state index is -0.607. The molecular formula is C14H19NO4. The topological polar surface area (TPSA) is 55.8 Å². The minimum Gasteiger partial charge on any atom is -0.469 e. The number of hydrogen-bond acceptors (Lipinski definition) is 4. The molecule has 3 aliphatic heterocycles. The van der Waals surface area contributed by atoms with Gasteiger partial charge in [-0.3, -0.25) is 9.59 Å². The molecule has 3 heterocycles. The van der Waals surface area contributed by atoms with Crippen LogP contribution in [-0.4, -0.2) is 48.2 Å². The van der Waals surface area contributed by atoms with E-state index in [1.54, 1.807) is 0 Å². The van der Waals surface area contributed by atoms with Crippen LogP contribution in [0.4, 0.5) is 0 Å². The summed E-state index contributed by atoms with van der Waals surface area (Å²) in [5, 5.41) is 0. The van der Waals surface area contributed by atoms with Gasteiger partial charge in [0, 0.05) is 6.04 Å². The van der Waals surface area contributed by atoms with Crippen LogP contribution >= 0.6 is 0 Å². The summed E-state index contributed by atoms with van der Waals surface area (Å²) < 4.78 is 10.8. The third-order valence-electron chi connectivity index (χ3n) is 4.73. The van der Waals surface area contributed by atoms with Crippen LogP contribution in [0.1, 0.15) is 20.3 Å². The number of likely N-dealkylation sites (tertiary alicyclic amines) is 1. The fraction of sp³-hybridized carbons (Fsp3) is 0.714. The van der Waals surface area contributed by atoms with Crippen LogP contribution in [0.15, 0.2) is 12.2 Å². The molecule has 5 atom stereocenters. The number of esters is 1. The summed E-state index contributed by atoms with van der Waals surface area (Å²) in [7, 11) is 1.36. The molecule has 0 unspecified atom stereocenters. The number of amides is 1. The SMILES string of the molecule is CC[C@H](C)N1C[C@@]23C=C[C@@H](O2)[C@H](C(=O)OC)[C@H]3C1=O. The Morgan fingerprint density at radius 2 is 2.42 bits per heavy atom. The number of carbonyl (C=O) groups is 2. The molecule has 2 bridgehead atoms. The number of carbonyl (C=O) groups excluding carboxylic acids is 2. The van der Waals surface area contributed by atoms with Crippen molar-refractivity contribution in [3.8, 4) is 0 Å². The Bertz CT molecular complexity index is 460. The van der Waals surface area contributed by atoms with E-state index in [0.29, 0.717) is 6.54 Å². The van der Waals surface area contributed by atoms with Gasteiger partial charge in [-0.2, -0.15) is 0 Å². The summed E-state index contributed by atoms with van der Waals surface area (Å²) in [6.45, 7) is 4.63. The largest absolute Gasteiger partial charge is 0.469 e. The number of nitrogens with zero attached hydrogens (tertiary/aromatic N) is 1. The van der Waals surface area contributed by atoms with E-state index < -0.39 is 17.4 Å². The predicted molar refractivity (Wildman–Crippen MR) is 67.2 cm³/mol. The van der Waals surface area contributed by atoms with Crippen molar-refractivity contribution in [2.24, 2.45) is 11.8 Å². The van der Waals surface area contributed by atoms with Crippen molar-refractivity contribution in [3.05, 3.63) is 12.2 Å². The highest BCUT2D eigenvalue weighted by Gasteiger charge is 2.67. The fourth-order valence-corrected chi connectivity index (χ4v) is 3.53. The summed E-state index contributed by atoms with van der Waals surface area (Å²) in [5.74, 6) is -1.22. The lowest BCUT2D eigenvalue weighted by molar-refractivity contribution is -0.151. The second-order valence-electron chi connectivity index (χ2n) is 5.65. The smallest absolute Gasteiger partial charge is 0.312 e. The highest BCUT2D eigenvalue weighted by molar-refractivity contribution is 5.91. The molecule has 1 amide bonds. The Hall–Kier alpha value is -1.36. The third-order valence-corrected chi connectivity index (χ3v) is 4.73. The van der Waals surface area contributed by atoms with E-state index in [1.807, 2.05) is 24.0 Å². The third kappa shape index (κ3) is 1.51. The second kappa shape index (κ2) is 4.07. The van der Waals surface area contributed by atoms with Gasteiger partial charge in [-0.05, 0) is 13.3 Å². The molecule has 3 aliphatic rings. The normalized spacial score (nSPS) is 40.7. The molecule has 0 N–H and O–H groups in total. The summed E-state index contributed by atoms with van der Waals surface area (Å²) in [6, 6.07) is 0.168. The van der Waals surface area contributed by atoms with Gasteiger partial charge in [-0.15, -0.1) is 0 Å². The van der Waals surface area contributed by atoms with Gasteiger partial charge in [0.2, 0.25) is 5.91 Å². The van der Waals surface area contributed by atoms with Crippen molar-refractivity contribution in [1.82, 2.24) is 4.90 Å². The molecule has 0 aromatic heterocycles. The summed E-state index contributed by atoms with van der Waals surface area (Å²) in [5.41, 5.74) is -0.607. The van der Waals surface area contributed by atoms with Crippen molar-refractivity contribution in [2.75, 3.05) is 13.7 Å². The van der Waals surface area contributed by atoms with Gasteiger partial charge in [0.25, 0.3) is 0 Å². The first-order chi connectivity index (χ1) is 9.04. The van der Waals surface area contributed by atoms with E-state index in [2.05, 4.69) is 6.92 Å². The lowest BCUT2D eigenvalue weighted by atomic mass is 9.77. The number of hydrogen-bond donors (Lipinski definition) is 0. The molecule has 1 spiro atoms. The van der Waals surface area contributed by atoms with Gasteiger partial charge >= 0.3 is 5.97 Å². The summed E-state index contributed by atoms with van der Waals surface area (Å²) >= 11 is 0. The summed E-state index contributed by atoms with van der Waals surface area (Å²) in [6.07, 6.45) is 4.44. The quantitative estimate of drug-likeness (QED) is 0.558. The first kappa shape index (κ1) is 12.7. The molecule has 0 aromatic rings. The maximum absolute atomic E-state index is 12.6. The number of methoxy groups -OCH3 is 1. The van der Waals surface area contributed by atoms with Gasteiger partial charge in [-0.25, -0.2) is 0 Å². The zero-order valence-electron chi connectivity index (χ0n) is 11.5. The monoisotopic (exact) mass is 265 g/mol. The molecule has 0 aromatic carbocycles. The van der Waals surface area contributed by atoms with Gasteiger partial charge in [0.1, 0.15) is 11.5 Å². The number of fused-ring (bicyclic) bond motifs is 1. The van der Waals surface area contributed by atoms with E-state index in [0.717, 1.165) is 6.42 Å². The van der Waals surface area contributed by atoms with Crippen LogP contribution in [0.5, 0.6) is 0 Å². The maximum Gasteiger partial charge on any atom is 0.312 e. The average Bonchev–Trinajstić information content (AvgIpc) is 3.05. The average molecular weight is 265 g/mol. The highest BCUT2D eigenvalue weighted by atomic mass is 16.5. The lowest BCUT2D eigenvalue weighted by Gasteiger charge is -2.26. The Morgan fingerprint density at radius 1 is 1.68 bits per heavy atom. The first-order valence-electron chi connectivity index (χ1n) is 6.79. The molecule has 0 radical (unpaired) electrons. The molecule has 104 valence electrons. The molecule has 2 saturated heterocycles. The zero-order valence-corrected chi connectivity index (χ0v) is 11.5. The first-order valence-corrected chi connectivity index (χ1v) is 6.79. The van der Waals surface area contributed by atoms with Crippen LogP contribution in [-0.2, 0) is 19.1 Å². The van der Waals surface area contributed by atoms with Gasteiger partial charge < -0.3 is 14.4 Å². The van der Waals surface area contributed by atoms with E-state index in [1.165, 1.54) is 7.11 Å². The zero-order chi connectivity index (χ0) is 13.8. The van der Waals surface area contributed by atoms with Crippen LogP contribution in [0.3, 0.4) is 0 Å². The number of ether oxygens (including phenoxy) is 2. The molecular weight excluding hydrogens is 246 g/mol. The molecule has 5 heteroatoms. The van der Waals surface area contributed by atoms with Crippen molar-refractivity contribution in [2.45, 2.75) is 38.0 Å². The van der Waals surface area contributed by atoms with Crippen molar-refractivity contribution >= 4 is 11.9 Å². The van der Waals surface area contributed by atoms with Crippen molar-refractivity contribution < 1.29 is 19.1 Å². The van der Waals surface area contributed by atoms with Crippen LogP contribution in [0.25, 0.3) is 0 Å². The maximum atomic E-state index is 12.6. The molecule has 0 aliphatic carbocycles. The fourth-order valence-electron chi connectivity index (χ4n) is 3.53. The predicted octanol–water partition coefficient (Wildman–Crippen LogP) is 0.740. The van der Waals surface area contributed by atoms with Crippen molar-refractivity contribution in [1.29, 1.82) is 0 Å². The van der Waals surface area contributed by atoms with E-state index in [9.17, 15) is 9.59 Å². The van der Waals surface area contributed by atoms with Crippen LogP contribution in [0.2, 0.25) is 0 Å². The Labute approximate surface area is 112 Å². The van der Waals surface area contributed by atoms with Gasteiger partial charge in [0.15, 0.2) is 0 Å². The molecule has 5 nitrogen and oxygen atoms in total. The standard InChI is InChI=1S/C14H19NO4/c1-4-8(2)15-7-14-6-5-9(19-14)10(13(17)18-3)11(14)12(15)16/h5-6,8-11H,4,7H2,1-3H3/t8-,9+,10-,11-,14+/m0/s1. The molecule has 3 rings (SSSR count). The molecule has 2 fully saturated rings. The minimum absolute atomic E-state index is 0.0246. The van der Waals surface area contributed by atoms with E-state index in [-0.39, 0.29) is 24.0 Å². The highest BCUT2D eigenvalue weighted by Crippen LogP contribution is 2.52. The Kier molecular flexibility index (Phi) is 2.71. The van der Waals surface area contributed by atoms with Crippen LogP contribution in [0, 0.1) is 11.8 Å². The lowest BCUT2D eigenvalue weighted by Crippen LogP contribution is -2.40. The molecule has 0 saturated carbocycles. The second-order valence-corrected chi connectivity index (χ2v) is 5.65. The summed E-state index contributed by atoms with van der Waals surface area (Å²) in [4.78, 5) is 26.4. The Morgan fingerprint density at radius 3 is 3.05 bits per heavy atom.